The number of aliphatic hydroxyl groups is 1. The summed E-state index contributed by atoms with van der Waals surface area (Å²) in [5.41, 5.74) is -1.03. The molecule has 4 rings (SSSR count). The lowest BCUT2D eigenvalue weighted by molar-refractivity contribution is -0.114. The van der Waals surface area contributed by atoms with E-state index in [1.165, 1.54) is 17.2 Å². The van der Waals surface area contributed by atoms with E-state index in [4.69, 9.17) is 19.3 Å². The van der Waals surface area contributed by atoms with Gasteiger partial charge in [-0.3, -0.25) is 9.69 Å². The number of carbonyl (C=O) groups excluding carboxylic acids is 3. The normalized spacial score (nSPS) is 16.4. The van der Waals surface area contributed by atoms with Gasteiger partial charge in [0.1, 0.15) is 17.3 Å². The molecule has 0 saturated heterocycles. The van der Waals surface area contributed by atoms with Crippen molar-refractivity contribution in [2.24, 2.45) is 0 Å². The Balaban J connectivity index is 0.000000549. The summed E-state index contributed by atoms with van der Waals surface area (Å²) in [6.45, 7) is 10.9. The van der Waals surface area contributed by atoms with Gasteiger partial charge in [0.2, 0.25) is 5.88 Å². The van der Waals surface area contributed by atoms with Crippen molar-refractivity contribution in [3.05, 3.63) is 24.5 Å². The van der Waals surface area contributed by atoms with Crippen molar-refractivity contribution >= 4 is 18.0 Å². The summed E-state index contributed by atoms with van der Waals surface area (Å²) < 4.78 is 16.8. The Bertz CT molecular complexity index is 857. The lowest BCUT2D eigenvalue weighted by Gasteiger charge is -2.22. The van der Waals surface area contributed by atoms with Gasteiger partial charge < -0.3 is 19.3 Å². The van der Waals surface area contributed by atoms with Crippen molar-refractivity contribution in [3.63, 3.8) is 0 Å². The average molecular weight is 498 g/mol. The van der Waals surface area contributed by atoms with Crippen molar-refractivity contribution in [2.45, 2.75) is 105 Å². The standard InChI is InChI=1S/C11H16N2O3.C9H13NO3.C3H6O.2CH4/c1-11(2,3)16-10(14)13-7-6-9(12-13)15-8-4-5-8;1-9(2,3)13-8(12)10-5-4-7(11)6-10;4-3-1-2-3;;/h6-8H,4-5H2,1-3H3;4-5H,6H2,1-3H3;3-4H,1-2H2;2*1H4. The zero-order chi connectivity index (χ0) is 24.8. The molecule has 1 amide bonds. The fourth-order valence-electron chi connectivity index (χ4n) is 2.10. The van der Waals surface area contributed by atoms with E-state index in [0.717, 1.165) is 30.4 Å². The number of ether oxygens (including phenoxy) is 3. The van der Waals surface area contributed by atoms with Gasteiger partial charge in [0.05, 0.1) is 12.6 Å². The first-order valence-corrected chi connectivity index (χ1v) is 11.1. The van der Waals surface area contributed by atoms with Crippen molar-refractivity contribution in [1.82, 2.24) is 14.7 Å². The number of carbonyl (C=O) groups is 3. The molecule has 1 aliphatic heterocycles. The number of hydrogen-bond donors (Lipinski definition) is 1. The van der Waals surface area contributed by atoms with Gasteiger partial charge in [0, 0.05) is 18.5 Å². The molecule has 2 fully saturated rings. The number of hydrogen-bond acceptors (Lipinski definition) is 8. The number of ketones is 1. The quantitative estimate of drug-likeness (QED) is 0.610. The van der Waals surface area contributed by atoms with Crippen LogP contribution in [0.15, 0.2) is 24.5 Å². The zero-order valence-corrected chi connectivity index (χ0v) is 20.2. The highest BCUT2D eigenvalue weighted by atomic mass is 16.6. The molecule has 1 aromatic rings. The van der Waals surface area contributed by atoms with E-state index < -0.39 is 23.4 Å². The molecule has 10 heteroatoms. The molecule has 0 spiro atoms. The molecule has 0 bridgehead atoms. The summed E-state index contributed by atoms with van der Waals surface area (Å²) in [6.07, 6.45) is 7.97. The lowest BCUT2D eigenvalue weighted by atomic mass is 10.2. The smallest absolute Gasteiger partial charge is 0.435 e. The molecule has 0 aromatic carbocycles. The monoisotopic (exact) mass is 497 g/mol. The molecule has 3 aliphatic rings. The van der Waals surface area contributed by atoms with E-state index in [0.29, 0.717) is 5.88 Å². The Hall–Kier alpha value is -2.88. The summed E-state index contributed by atoms with van der Waals surface area (Å²) in [7, 11) is 0. The summed E-state index contributed by atoms with van der Waals surface area (Å²) in [5, 5.41) is 12.2. The maximum Gasteiger partial charge on any atom is 0.435 e. The minimum atomic E-state index is -0.517. The molecule has 2 saturated carbocycles. The number of rotatable bonds is 2. The zero-order valence-electron chi connectivity index (χ0n) is 20.2. The Kier molecular flexibility index (Phi) is 12.2. The number of aliphatic hydroxyl groups excluding tert-OH is 1. The third-order valence-electron chi connectivity index (χ3n) is 3.90. The van der Waals surface area contributed by atoms with Crippen LogP contribution in [0, 0.1) is 0 Å². The van der Waals surface area contributed by atoms with Gasteiger partial charge in [-0.25, -0.2) is 9.59 Å². The van der Waals surface area contributed by atoms with Crippen molar-refractivity contribution in [1.29, 1.82) is 0 Å². The van der Waals surface area contributed by atoms with Crippen molar-refractivity contribution < 1.29 is 33.7 Å². The van der Waals surface area contributed by atoms with Crippen LogP contribution in [0.1, 0.15) is 82.1 Å². The largest absolute Gasteiger partial charge is 0.473 e. The first-order chi connectivity index (χ1) is 15.2. The van der Waals surface area contributed by atoms with Crippen LogP contribution in [0.5, 0.6) is 5.88 Å². The molecule has 0 atom stereocenters. The highest BCUT2D eigenvalue weighted by Gasteiger charge is 2.26. The predicted molar refractivity (Wildman–Crippen MR) is 133 cm³/mol. The first kappa shape index (κ1) is 32.1. The van der Waals surface area contributed by atoms with Gasteiger partial charge in [-0.05, 0) is 73.3 Å². The average Bonchev–Trinajstić information content (AvgIpc) is 3.54. The van der Waals surface area contributed by atoms with Crippen molar-refractivity contribution in [3.8, 4) is 5.88 Å². The minimum absolute atomic E-state index is 0. The molecule has 200 valence electrons. The molecule has 1 N–H and O–H groups in total. The van der Waals surface area contributed by atoms with E-state index >= 15 is 0 Å². The van der Waals surface area contributed by atoms with Gasteiger partial charge in [-0.1, -0.05) is 14.9 Å². The fourth-order valence-corrected chi connectivity index (χ4v) is 2.10. The van der Waals surface area contributed by atoms with Gasteiger partial charge in [0.15, 0.2) is 5.78 Å². The maximum atomic E-state index is 11.6. The van der Waals surface area contributed by atoms with Gasteiger partial charge in [0.25, 0.3) is 0 Å². The van der Waals surface area contributed by atoms with E-state index in [9.17, 15) is 14.4 Å². The van der Waals surface area contributed by atoms with Gasteiger partial charge >= 0.3 is 12.2 Å². The molecule has 35 heavy (non-hydrogen) atoms. The summed E-state index contributed by atoms with van der Waals surface area (Å²) in [4.78, 5) is 34.9. The van der Waals surface area contributed by atoms with Crippen LogP contribution < -0.4 is 4.74 Å². The summed E-state index contributed by atoms with van der Waals surface area (Å²) in [5.74, 6) is 0.402. The second-order valence-electron chi connectivity index (χ2n) is 10.0. The molecular formula is C25H43N3O7. The molecule has 1 aromatic heterocycles. The Morgan fingerprint density at radius 3 is 1.89 bits per heavy atom. The molecule has 10 nitrogen and oxygen atoms in total. The highest BCUT2D eigenvalue weighted by molar-refractivity contribution is 5.96. The lowest BCUT2D eigenvalue weighted by Crippen LogP contribution is -2.33. The number of nitrogens with zero attached hydrogens (tertiary/aromatic N) is 3. The van der Waals surface area contributed by atoms with Crippen LogP contribution in [-0.2, 0) is 14.3 Å². The van der Waals surface area contributed by atoms with Crippen LogP contribution >= 0.6 is 0 Å². The Labute approximate surface area is 209 Å². The summed E-state index contributed by atoms with van der Waals surface area (Å²) in [6, 6.07) is 1.67. The molecule has 0 unspecified atom stereocenters. The molecule has 2 aliphatic carbocycles. The maximum absolute atomic E-state index is 11.6. The van der Waals surface area contributed by atoms with Gasteiger partial charge in [-0.2, -0.15) is 4.68 Å². The minimum Gasteiger partial charge on any atom is -0.473 e. The van der Waals surface area contributed by atoms with Crippen LogP contribution in [0.25, 0.3) is 0 Å². The second kappa shape index (κ2) is 13.3. The third-order valence-corrected chi connectivity index (χ3v) is 3.90. The van der Waals surface area contributed by atoms with Crippen LogP contribution in [-0.4, -0.2) is 67.7 Å². The molecule has 0 radical (unpaired) electrons. The first-order valence-electron chi connectivity index (χ1n) is 11.1. The number of aromatic nitrogens is 2. The van der Waals surface area contributed by atoms with E-state index in [2.05, 4.69) is 5.10 Å². The third kappa shape index (κ3) is 14.2. The van der Waals surface area contributed by atoms with E-state index in [1.54, 1.807) is 33.0 Å². The van der Waals surface area contributed by atoms with E-state index in [-0.39, 0.29) is 39.4 Å². The van der Waals surface area contributed by atoms with Crippen LogP contribution in [0.3, 0.4) is 0 Å². The van der Waals surface area contributed by atoms with Crippen LogP contribution in [0.2, 0.25) is 0 Å². The topological polar surface area (TPSA) is 120 Å². The van der Waals surface area contributed by atoms with Crippen LogP contribution in [0.4, 0.5) is 9.59 Å². The fraction of sp³-hybridized carbons (Fsp3) is 0.680. The highest BCUT2D eigenvalue weighted by Crippen LogP contribution is 2.25. The Morgan fingerprint density at radius 2 is 1.49 bits per heavy atom. The van der Waals surface area contributed by atoms with E-state index in [1.807, 2.05) is 20.8 Å². The molecule has 2 heterocycles. The SMILES string of the molecule is C.C.CC(C)(C)OC(=O)N1C=CC(=O)C1.CC(C)(C)OC(=O)n1ccc(OC2CC2)n1.OC1CC1. The van der Waals surface area contributed by atoms with Gasteiger partial charge in [-0.15, -0.1) is 5.10 Å². The number of amides is 1. The Morgan fingerprint density at radius 1 is 0.971 bits per heavy atom. The molecular weight excluding hydrogens is 454 g/mol. The predicted octanol–water partition coefficient (Wildman–Crippen LogP) is 4.94. The summed E-state index contributed by atoms with van der Waals surface area (Å²) >= 11 is 0. The van der Waals surface area contributed by atoms with Crippen molar-refractivity contribution in [2.75, 3.05) is 6.54 Å². The second-order valence-corrected chi connectivity index (χ2v) is 10.0.